The van der Waals surface area contributed by atoms with Gasteiger partial charge in [-0.05, 0) is 37.3 Å². The van der Waals surface area contributed by atoms with E-state index in [1.807, 2.05) is 17.7 Å². The van der Waals surface area contributed by atoms with E-state index >= 15 is 0 Å². The quantitative estimate of drug-likeness (QED) is 0.876. The number of hydrogen-bond acceptors (Lipinski definition) is 3. The lowest BCUT2D eigenvalue weighted by atomic mass is 10.2. The molecule has 0 saturated heterocycles. The monoisotopic (exact) mass is 246 g/mol. The van der Waals surface area contributed by atoms with Gasteiger partial charge in [-0.2, -0.15) is 5.10 Å². The van der Waals surface area contributed by atoms with Crippen LogP contribution in [0.3, 0.4) is 0 Å². The standard InChI is InChI=1S/C13H14N2O3/c1-10-6-7-14-15(10)8-9-18-12-4-2-11(3-5-12)13(16)17/h2-7H,8-9H2,1H3,(H,16,17). The molecule has 18 heavy (non-hydrogen) atoms. The first-order valence-corrected chi connectivity index (χ1v) is 5.61. The largest absolute Gasteiger partial charge is 0.492 e. The van der Waals surface area contributed by atoms with Crippen LogP contribution in [0.4, 0.5) is 0 Å². The van der Waals surface area contributed by atoms with Crippen LogP contribution in [-0.2, 0) is 6.54 Å². The van der Waals surface area contributed by atoms with Gasteiger partial charge < -0.3 is 9.84 Å². The van der Waals surface area contributed by atoms with Gasteiger partial charge in [0.15, 0.2) is 0 Å². The summed E-state index contributed by atoms with van der Waals surface area (Å²) in [5.41, 5.74) is 1.34. The van der Waals surface area contributed by atoms with Gasteiger partial charge in [-0.1, -0.05) is 0 Å². The van der Waals surface area contributed by atoms with E-state index in [2.05, 4.69) is 5.10 Å². The van der Waals surface area contributed by atoms with Crippen LogP contribution in [0.25, 0.3) is 0 Å². The number of benzene rings is 1. The van der Waals surface area contributed by atoms with Crippen LogP contribution in [0.2, 0.25) is 0 Å². The van der Waals surface area contributed by atoms with Gasteiger partial charge >= 0.3 is 5.97 Å². The van der Waals surface area contributed by atoms with Crippen molar-refractivity contribution in [1.29, 1.82) is 0 Å². The number of carboxylic acid groups (broad SMARTS) is 1. The van der Waals surface area contributed by atoms with Crippen molar-refractivity contribution in [1.82, 2.24) is 9.78 Å². The van der Waals surface area contributed by atoms with Gasteiger partial charge in [0.05, 0.1) is 12.1 Å². The molecular formula is C13H14N2O3. The van der Waals surface area contributed by atoms with E-state index in [1.54, 1.807) is 18.3 Å². The molecule has 1 aromatic carbocycles. The SMILES string of the molecule is Cc1ccnn1CCOc1ccc(C(=O)O)cc1. The summed E-state index contributed by atoms with van der Waals surface area (Å²) in [6.45, 7) is 3.14. The van der Waals surface area contributed by atoms with Gasteiger partial charge in [0.1, 0.15) is 12.4 Å². The molecule has 0 atom stereocenters. The van der Waals surface area contributed by atoms with Gasteiger partial charge in [0, 0.05) is 11.9 Å². The maximum absolute atomic E-state index is 10.7. The molecule has 0 radical (unpaired) electrons. The summed E-state index contributed by atoms with van der Waals surface area (Å²) in [6, 6.07) is 8.29. The number of carbonyl (C=O) groups is 1. The second-order valence-corrected chi connectivity index (χ2v) is 3.87. The summed E-state index contributed by atoms with van der Waals surface area (Å²) in [5, 5.41) is 12.9. The zero-order valence-corrected chi connectivity index (χ0v) is 10.0. The maximum Gasteiger partial charge on any atom is 0.335 e. The zero-order chi connectivity index (χ0) is 13.0. The number of nitrogens with zero attached hydrogens (tertiary/aromatic N) is 2. The van der Waals surface area contributed by atoms with Gasteiger partial charge in [-0.25, -0.2) is 4.79 Å². The van der Waals surface area contributed by atoms with E-state index < -0.39 is 5.97 Å². The lowest BCUT2D eigenvalue weighted by molar-refractivity contribution is 0.0697. The fourth-order valence-corrected chi connectivity index (χ4v) is 1.58. The van der Waals surface area contributed by atoms with Crippen molar-refractivity contribution >= 4 is 5.97 Å². The molecule has 94 valence electrons. The summed E-state index contributed by atoms with van der Waals surface area (Å²) in [4.78, 5) is 10.7. The number of ether oxygens (including phenoxy) is 1. The molecule has 0 saturated carbocycles. The Balaban J connectivity index is 1.87. The first kappa shape index (κ1) is 12.2. The van der Waals surface area contributed by atoms with Gasteiger partial charge in [-0.3, -0.25) is 4.68 Å². The lowest BCUT2D eigenvalue weighted by Gasteiger charge is -2.07. The number of aromatic nitrogens is 2. The minimum atomic E-state index is -0.936. The van der Waals surface area contributed by atoms with Crippen molar-refractivity contribution in [3.63, 3.8) is 0 Å². The van der Waals surface area contributed by atoms with Crippen LogP contribution >= 0.6 is 0 Å². The molecule has 5 heteroatoms. The summed E-state index contributed by atoms with van der Waals surface area (Å²) in [5.74, 6) is -0.279. The van der Waals surface area contributed by atoms with Crippen molar-refractivity contribution in [2.45, 2.75) is 13.5 Å². The van der Waals surface area contributed by atoms with E-state index in [0.717, 1.165) is 5.69 Å². The van der Waals surface area contributed by atoms with E-state index in [9.17, 15) is 4.79 Å². The molecule has 2 rings (SSSR count). The van der Waals surface area contributed by atoms with Gasteiger partial charge in [0.2, 0.25) is 0 Å². The van der Waals surface area contributed by atoms with Crippen molar-refractivity contribution in [3.05, 3.63) is 47.8 Å². The van der Waals surface area contributed by atoms with Crippen LogP contribution in [0.5, 0.6) is 5.75 Å². The second-order valence-electron chi connectivity index (χ2n) is 3.87. The third-order valence-electron chi connectivity index (χ3n) is 2.60. The summed E-state index contributed by atoms with van der Waals surface area (Å²) in [6.07, 6.45) is 1.75. The molecule has 0 amide bonds. The predicted molar refractivity (Wildman–Crippen MR) is 65.9 cm³/mol. The van der Waals surface area contributed by atoms with E-state index in [4.69, 9.17) is 9.84 Å². The lowest BCUT2D eigenvalue weighted by Crippen LogP contribution is -2.10. The number of rotatable bonds is 5. The molecule has 0 bridgehead atoms. The minimum Gasteiger partial charge on any atom is -0.492 e. The predicted octanol–water partition coefficient (Wildman–Crippen LogP) is 1.97. The Morgan fingerprint density at radius 3 is 2.61 bits per heavy atom. The average molecular weight is 246 g/mol. The number of aromatic carboxylic acids is 1. The molecule has 0 unspecified atom stereocenters. The van der Waals surface area contributed by atoms with Crippen LogP contribution in [0.15, 0.2) is 36.5 Å². The molecule has 0 aliphatic rings. The van der Waals surface area contributed by atoms with E-state index in [-0.39, 0.29) is 5.56 Å². The Labute approximate surface area is 105 Å². The molecule has 1 heterocycles. The van der Waals surface area contributed by atoms with Crippen molar-refractivity contribution in [2.75, 3.05) is 6.61 Å². The average Bonchev–Trinajstić information content (AvgIpc) is 2.76. The molecular weight excluding hydrogens is 232 g/mol. The molecule has 0 aliphatic carbocycles. The second kappa shape index (κ2) is 5.35. The first-order chi connectivity index (χ1) is 8.66. The third-order valence-corrected chi connectivity index (χ3v) is 2.60. The molecule has 0 aliphatic heterocycles. The smallest absolute Gasteiger partial charge is 0.335 e. The summed E-state index contributed by atoms with van der Waals surface area (Å²) >= 11 is 0. The van der Waals surface area contributed by atoms with Gasteiger partial charge in [-0.15, -0.1) is 0 Å². The van der Waals surface area contributed by atoms with E-state index in [0.29, 0.717) is 18.9 Å². The van der Waals surface area contributed by atoms with E-state index in [1.165, 1.54) is 12.1 Å². The molecule has 1 N–H and O–H groups in total. The van der Waals surface area contributed by atoms with Crippen LogP contribution < -0.4 is 4.74 Å². The highest BCUT2D eigenvalue weighted by Gasteiger charge is 2.02. The first-order valence-electron chi connectivity index (χ1n) is 5.61. The van der Waals surface area contributed by atoms with Crippen molar-refractivity contribution < 1.29 is 14.6 Å². The Morgan fingerprint density at radius 1 is 1.33 bits per heavy atom. The molecule has 0 spiro atoms. The Bertz CT molecular complexity index is 531. The van der Waals surface area contributed by atoms with Crippen molar-refractivity contribution in [2.24, 2.45) is 0 Å². The topological polar surface area (TPSA) is 64.4 Å². The highest BCUT2D eigenvalue weighted by atomic mass is 16.5. The summed E-state index contributed by atoms with van der Waals surface area (Å²) < 4.78 is 7.37. The fourth-order valence-electron chi connectivity index (χ4n) is 1.58. The molecule has 5 nitrogen and oxygen atoms in total. The Hall–Kier alpha value is -2.30. The number of hydrogen-bond donors (Lipinski definition) is 1. The molecule has 0 fully saturated rings. The Kier molecular flexibility index (Phi) is 3.62. The van der Waals surface area contributed by atoms with Crippen LogP contribution in [0.1, 0.15) is 16.1 Å². The van der Waals surface area contributed by atoms with Crippen LogP contribution in [-0.4, -0.2) is 27.5 Å². The Morgan fingerprint density at radius 2 is 2.06 bits per heavy atom. The highest BCUT2D eigenvalue weighted by Crippen LogP contribution is 2.12. The molecule has 2 aromatic rings. The minimum absolute atomic E-state index is 0.255. The van der Waals surface area contributed by atoms with Crippen molar-refractivity contribution in [3.8, 4) is 5.75 Å². The summed E-state index contributed by atoms with van der Waals surface area (Å²) in [7, 11) is 0. The third kappa shape index (κ3) is 2.88. The zero-order valence-electron chi connectivity index (χ0n) is 10.0. The maximum atomic E-state index is 10.7. The molecule has 1 aromatic heterocycles. The van der Waals surface area contributed by atoms with Gasteiger partial charge in [0.25, 0.3) is 0 Å². The normalized spacial score (nSPS) is 10.3. The van der Waals surface area contributed by atoms with Crippen LogP contribution in [0, 0.1) is 6.92 Å². The number of aryl methyl sites for hydroxylation is 1. The fraction of sp³-hybridized carbons (Fsp3) is 0.231. The highest BCUT2D eigenvalue weighted by molar-refractivity contribution is 5.87. The number of carboxylic acids is 1.